The first-order valence-corrected chi connectivity index (χ1v) is 6.44. The van der Waals surface area contributed by atoms with E-state index in [9.17, 15) is 13.6 Å². The lowest BCUT2D eigenvalue weighted by molar-refractivity contribution is 0.506. The molecule has 0 saturated heterocycles. The minimum absolute atomic E-state index is 0.281. The molecule has 0 saturated carbocycles. The van der Waals surface area contributed by atoms with Gasteiger partial charge in [-0.25, -0.2) is 13.6 Å². The predicted molar refractivity (Wildman–Crippen MR) is 75.9 cm³/mol. The summed E-state index contributed by atoms with van der Waals surface area (Å²) in [5.74, 6) is -1.76. The van der Waals surface area contributed by atoms with Gasteiger partial charge >= 0.3 is 5.69 Å². The molecule has 1 aromatic heterocycles. The van der Waals surface area contributed by atoms with Gasteiger partial charge in [-0.15, -0.1) is 0 Å². The maximum absolute atomic E-state index is 13.2. The summed E-state index contributed by atoms with van der Waals surface area (Å²) >= 11 is 0. The maximum atomic E-state index is 13.2. The molecule has 1 unspecified atom stereocenters. The number of nitrogens with one attached hydrogen (secondary N) is 2. The second-order valence-electron chi connectivity index (χ2n) is 4.94. The molecule has 3 aromatic rings. The fraction of sp³-hybridized carbons (Fsp3) is 0.133. The second-order valence-corrected chi connectivity index (χ2v) is 4.94. The lowest BCUT2D eigenvalue weighted by atomic mass is 9.99. The molecular formula is C15H13F2N3O. The highest BCUT2D eigenvalue weighted by molar-refractivity contribution is 5.75. The van der Waals surface area contributed by atoms with Crippen LogP contribution in [0, 0.1) is 11.6 Å². The van der Waals surface area contributed by atoms with E-state index in [2.05, 4.69) is 9.97 Å². The zero-order valence-corrected chi connectivity index (χ0v) is 11.0. The number of aromatic nitrogens is 2. The minimum atomic E-state index is -0.884. The van der Waals surface area contributed by atoms with Crippen LogP contribution in [-0.4, -0.2) is 9.97 Å². The largest absolute Gasteiger partial charge is 0.324 e. The second kappa shape index (κ2) is 5.14. The predicted octanol–water partition coefficient (Wildman–Crippen LogP) is 2.38. The summed E-state index contributed by atoms with van der Waals surface area (Å²) in [4.78, 5) is 16.5. The topological polar surface area (TPSA) is 74.7 Å². The maximum Gasteiger partial charge on any atom is 0.323 e. The van der Waals surface area contributed by atoms with Gasteiger partial charge in [0.15, 0.2) is 11.6 Å². The molecule has 1 heterocycles. The Morgan fingerprint density at radius 2 is 1.76 bits per heavy atom. The molecular weight excluding hydrogens is 276 g/mol. The molecule has 0 aliphatic heterocycles. The van der Waals surface area contributed by atoms with Gasteiger partial charge in [-0.3, -0.25) is 0 Å². The Bertz CT molecular complexity index is 853. The summed E-state index contributed by atoms with van der Waals surface area (Å²) < 4.78 is 26.1. The monoisotopic (exact) mass is 289 g/mol. The SMILES string of the molecule is NC(Cc1ccc(F)c(F)c1)c1ccc2[nH]c(=O)[nH]c2c1. The van der Waals surface area contributed by atoms with Crippen molar-refractivity contribution >= 4 is 11.0 Å². The van der Waals surface area contributed by atoms with Crippen LogP contribution in [0.5, 0.6) is 0 Å². The molecule has 3 rings (SSSR count). The number of aromatic amines is 2. The van der Waals surface area contributed by atoms with Crippen molar-refractivity contribution < 1.29 is 8.78 Å². The summed E-state index contributed by atoms with van der Waals surface area (Å²) in [6.45, 7) is 0. The number of H-pyrrole nitrogens is 2. The molecule has 0 fully saturated rings. The molecule has 4 nitrogen and oxygen atoms in total. The van der Waals surface area contributed by atoms with Crippen molar-refractivity contribution in [1.82, 2.24) is 9.97 Å². The van der Waals surface area contributed by atoms with Gasteiger partial charge in [0.2, 0.25) is 0 Å². The number of hydrogen-bond donors (Lipinski definition) is 3. The van der Waals surface area contributed by atoms with E-state index in [-0.39, 0.29) is 11.7 Å². The number of rotatable bonds is 3. The Morgan fingerprint density at radius 3 is 2.52 bits per heavy atom. The van der Waals surface area contributed by atoms with Crippen LogP contribution in [0.25, 0.3) is 11.0 Å². The highest BCUT2D eigenvalue weighted by atomic mass is 19.2. The summed E-state index contributed by atoms with van der Waals surface area (Å²) in [6.07, 6.45) is 0.372. The molecule has 6 heteroatoms. The van der Waals surface area contributed by atoms with Gasteiger partial charge in [-0.1, -0.05) is 12.1 Å². The number of nitrogens with two attached hydrogens (primary N) is 1. The minimum Gasteiger partial charge on any atom is -0.324 e. The van der Waals surface area contributed by atoms with Crippen molar-refractivity contribution in [2.24, 2.45) is 5.73 Å². The third-order valence-electron chi connectivity index (χ3n) is 3.41. The van der Waals surface area contributed by atoms with E-state index in [0.29, 0.717) is 23.0 Å². The van der Waals surface area contributed by atoms with Gasteiger partial charge in [0, 0.05) is 6.04 Å². The molecule has 21 heavy (non-hydrogen) atoms. The fourth-order valence-corrected chi connectivity index (χ4v) is 2.32. The lowest BCUT2D eigenvalue weighted by Crippen LogP contribution is -2.13. The van der Waals surface area contributed by atoms with Gasteiger partial charge in [0.1, 0.15) is 0 Å². The molecule has 1 atom stereocenters. The van der Waals surface area contributed by atoms with Crippen LogP contribution in [-0.2, 0) is 6.42 Å². The van der Waals surface area contributed by atoms with Crippen LogP contribution in [0.4, 0.5) is 8.78 Å². The summed E-state index contributed by atoms with van der Waals surface area (Å²) in [6, 6.07) is 8.70. The highest BCUT2D eigenvalue weighted by Crippen LogP contribution is 2.20. The number of halogens is 2. The van der Waals surface area contributed by atoms with E-state index >= 15 is 0 Å². The standard InChI is InChI=1S/C15H13F2N3O/c16-10-3-1-8(5-11(10)17)6-12(18)9-2-4-13-14(7-9)20-15(21)19-13/h1-5,7,12H,6,18H2,(H2,19,20,21). The first-order valence-electron chi connectivity index (χ1n) is 6.44. The van der Waals surface area contributed by atoms with Crippen molar-refractivity contribution in [3.63, 3.8) is 0 Å². The Balaban J connectivity index is 1.87. The molecule has 0 bridgehead atoms. The lowest BCUT2D eigenvalue weighted by Gasteiger charge is -2.12. The zero-order valence-electron chi connectivity index (χ0n) is 11.0. The van der Waals surface area contributed by atoms with E-state index < -0.39 is 11.6 Å². The Labute approximate surface area is 118 Å². The Hall–Kier alpha value is -2.47. The van der Waals surface area contributed by atoms with Crippen molar-refractivity contribution in [1.29, 1.82) is 0 Å². The average molecular weight is 289 g/mol. The first kappa shape index (κ1) is 13.5. The number of benzene rings is 2. The molecule has 108 valence electrons. The highest BCUT2D eigenvalue weighted by Gasteiger charge is 2.11. The van der Waals surface area contributed by atoms with Crippen molar-refractivity contribution in [2.75, 3.05) is 0 Å². The van der Waals surface area contributed by atoms with Crippen LogP contribution in [0.1, 0.15) is 17.2 Å². The third-order valence-corrected chi connectivity index (χ3v) is 3.41. The van der Waals surface area contributed by atoms with E-state index in [0.717, 1.165) is 17.7 Å². The van der Waals surface area contributed by atoms with Gasteiger partial charge in [-0.05, 0) is 41.8 Å². The van der Waals surface area contributed by atoms with Crippen LogP contribution in [0.2, 0.25) is 0 Å². The smallest absolute Gasteiger partial charge is 0.323 e. The van der Waals surface area contributed by atoms with Crippen molar-refractivity contribution in [2.45, 2.75) is 12.5 Å². The molecule has 0 radical (unpaired) electrons. The number of fused-ring (bicyclic) bond motifs is 1. The van der Waals surface area contributed by atoms with Gasteiger partial charge in [0.25, 0.3) is 0 Å². The molecule has 0 spiro atoms. The fourth-order valence-electron chi connectivity index (χ4n) is 2.32. The van der Waals surface area contributed by atoms with Gasteiger partial charge in [-0.2, -0.15) is 0 Å². The number of hydrogen-bond acceptors (Lipinski definition) is 2. The van der Waals surface area contributed by atoms with Crippen LogP contribution in [0.3, 0.4) is 0 Å². The van der Waals surface area contributed by atoms with Crippen molar-refractivity contribution in [3.8, 4) is 0 Å². The average Bonchev–Trinajstić information content (AvgIpc) is 2.82. The Kier molecular flexibility index (Phi) is 3.31. The molecule has 0 aliphatic carbocycles. The van der Waals surface area contributed by atoms with Crippen LogP contribution in [0.15, 0.2) is 41.2 Å². The van der Waals surface area contributed by atoms with E-state index in [1.54, 1.807) is 18.2 Å². The first-order chi connectivity index (χ1) is 10.0. The summed E-state index contributed by atoms with van der Waals surface area (Å²) in [7, 11) is 0. The molecule has 4 N–H and O–H groups in total. The third kappa shape index (κ3) is 2.71. The van der Waals surface area contributed by atoms with Gasteiger partial charge < -0.3 is 15.7 Å². The summed E-state index contributed by atoms with van der Waals surface area (Å²) in [5.41, 5.74) is 8.60. The summed E-state index contributed by atoms with van der Waals surface area (Å²) in [5, 5.41) is 0. The molecule has 0 amide bonds. The molecule has 2 aromatic carbocycles. The number of imidazole rings is 1. The van der Waals surface area contributed by atoms with Gasteiger partial charge in [0.05, 0.1) is 11.0 Å². The van der Waals surface area contributed by atoms with E-state index in [1.165, 1.54) is 6.07 Å². The Morgan fingerprint density at radius 1 is 1.00 bits per heavy atom. The van der Waals surface area contributed by atoms with Crippen LogP contribution >= 0.6 is 0 Å². The van der Waals surface area contributed by atoms with Crippen LogP contribution < -0.4 is 11.4 Å². The van der Waals surface area contributed by atoms with E-state index in [4.69, 9.17) is 5.73 Å². The quantitative estimate of drug-likeness (QED) is 0.692. The van der Waals surface area contributed by atoms with E-state index in [1.807, 2.05) is 0 Å². The zero-order chi connectivity index (χ0) is 15.0. The molecule has 0 aliphatic rings. The normalized spacial score (nSPS) is 12.7. The van der Waals surface area contributed by atoms with Crippen molar-refractivity contribution in [3.05, 3.63) is 69.6 Å².